The smallest absolute Gasteiger partial charge is 0.296 e. The Labute approximate surface area is 78.2 Å². The number of H-pyrrole nitrogens is 1. The van der Waals surface area contributed by atoms with Crippen molar-refractivity contribution in [3.05, 3.63) is 33.2 Å². The second kappa shape index (κ2) is 2.69. The average molecular weight is 190 g/mol. The molecule has 0 fully saturated rings. The number of amidine groups is 1. The molecule has 0 bridgehead atoms. The fourth-order valence-electron chi connectivity index (χ4n) is 1.29. The van der Waals surface area contributed by atoms with Gasteiger partial charge in [0.2, 0.25) is 0 Å². The molecule has 0 radical (unpaired) electrons. The number of amides is 1. The summed E-state index contributed by atoms with van der Waals surface area (Å²) in [7, 11) is 0. The monoisotopic (exact) mass is 190 g/mol. The van der Waals surface area contributed by atoms with Crippen molar-refractivity contribution in [3.63, 3.8) is 0 Å². The molecule has 0 aromatic carbocycles. The van der Waals surface area contributed by atoms with Gasteiger partial charge >= 0.3 is 0 Å². The summed E-state index contributed by atoms with van der Waals surface area (Å²) in [5.41, 5.74) is 0.228. The molecule has 6 nitrogen and oxygen atoms in total. The number of aromatic amines is 1. The number of azo groups is 1. The Morgan fingerprint density at radius 2 is 2.07 bits per heavy atom. The van der Waals surface area contributed by atoms with E-state index in [4.69, 9.17) is 5.41 Å². The third-order valence-electron chi connectivity index (χ3n) is 1.88. The van der Waals surface area contributed by atoms with E-state index in [-0.39, 0.29) is 17.0 Å². The maximum atomic E-state index is 11.4. The fraction of sp³-hybridized carbons (Fsp3) is 0.125. The van der Waals surface area contributed by atoms with Crippen LogP contribution in [0.2, 0.25) is 0 Å². The number of rotatable bonds is 0. The highest BCUT2D eigenvalue weighted by Crippen LogP contribution is 2.13. The van der Waals surface area contributed by atoms with E-state index in [1.54, 1.807) is 6.92 Å². The van der Waals surface area contributed by atoms with E-state index in [1.165, 1.54) is 6.07 Å². The molecule has 2 N–H and O–H groups in total. The van der Waals surface area contributed by atoms with E-state index in [0.717, 1.165) is 0 Å². The Bertz CT molecular complexity index is 527. The van der Waals surface area contributed by atoms with Gasteiger partial charge in [0.25, 0.3) is 11.5 Å². The van der Waals surface area contributed by atoms with Crippen molar-refractivity contribution in [1.82, 2.24) is 4.98 Å². The molecular formula is C8H6N4O2. The highest BCUT2D eigenvalue weighted by atomic mass is 16.2. The number of aromatic nitrogens is 1. The van der Waals surface area contributed by atoms with Gasteiger partial charge in [-0.15, -0.1) is 10.2 Å². The number of hydrogen-bond acceptors (Lipinski definition) is 3. The topological polar surface area (TPSA) is 98.5 Å². The molecule has 1 aromatic heterocycles. The molecule has 0 unspecified atom stereocenters. The van der Waals surface area contributed by atoms with Crippen LogP contribution in [-0.4, -0.2) is 16.7 Å². The summed E-state index contributed by atoms with van der Waals surface area (Å²) in [6.45, 7) is 1.66. The first-order valence-corrected chi connectivity index (χ1v) is 3.88. The molecule has 2 heterocycles. The van der Waals surface area contributed by atoms with Crippen LogP contribution in [0.3, 0.4) is 0 Å². The minimum absolute atomic E-state index is 0.00407. The Morgan fingerprint density at radius 3 is 2.79 bits per heavy atom. The first kappa shape index (κ1) is 8.49. The lowest BCUT2D eigenvalue weighted by Crippen LogP contribution is -2.24. The summed E-state index contributed by atoms with van der Waals surface area (Å²) in [6.07, 6.45) is 0. The van der Waals surface area contributed by atoms with Crippen molar-refractivity contribution in [1.29, 1.82) is 5.41 Å². The van der Waals surface area contributed by atoms with E-state index in [9.17, 15) is 9.59 Å². The molecule has 0 aliphatic carbocycles. The Hall–Kier alpha value is -2.11. The molecule has 1 aromatic rings. The van der Waals surface area contributed by atoms with Crippen LogP contribution in [0, 0.1) is 12.3 Å². The second-order valence-corrected chi connectivity index (χ2v) is 2.92. The van der Waals surface area contributed by atoms with Gasteiger partial charge in [-0.3, -0.25) is 15.0 Å². The second-order valence-electron chi connectivity index (χ2n) is 2.92. The van der Waals surface area contributed by atoms with E-state index in [0.29, 0.717) is 5.69 Å². The normalized spacial score (nSPS) is 14.4. The number of aryl methyl sites for hydroxylation is 1. The number of carbonyl (C=O) groups is 1. The minimum atomic E-state index is -0.579. The molecule has 0 atom stereocenters. The van der Waals surface area contributed by atoms with E-state index >= 15 is 0 Å². The Kier molecular flexibility index (Phi) is 1.63. The van der Waals surface area contributed by atoms with E-state index in [1.807, 2.05) is 0 Å². The van der Waals surface area contributed by atoms with Crippen LogP contribution in [0.25, 0.3) is 0 Å². The number of pyridine rings is 1. The first-order valence-electron chi connectivity index (χ1n) is 3.88. The lowest BCUT2D eigenvalue weighted by atomic mass is 10.1. The van der Waals surface area contributed by atoms with Gasteiger partial charge in [0.15, 0.2) is 5.84 Å². The zero-order valence-corrected chi connectivity index (χ0v) is 7.29. The van der Waals surface area contributed by atoms with Crippen LogP contribution in [-0.2, 0) is 0 Å². The molecule has 1 aliphatic rings. The molecule has 0 saturated carbocycles. The van der Waals surface area contributed by atoms with E-state index in [2.05, 4.69) is 15.2 Å². The van der Waals surface area contributed by atoms with Crippen molar-refractivity contribution in [2.24, 2.45) is 10.2 Å². The molecule has 2 rings (SSSR count). The predicted octanol–water partition coefficient (Wildman–Crippen LogP) is 0.615. The molecule has 70 valence electrons. The molecule has 6 heteroatoms. The molecule has 1 amide bonds. The molecule has 0 saturated heterocycles. The van der Waals surface area contributed by atoms with Gasteiger partial charge in [-0.2, -0.15) is 0 Å². The van der Waals surface area contributed by atoms with Crippen molar-refractivity contribution in [3.8, 4) is 0 Å². The van der Waals surface area contributed by atoms with Crippen molar-refractivity contribution in [2.75, 3.05) is 0 Å². The highest BCUT2D eigenvalue weighted by Gasteiger charge is 2.22. The SMILES string of the molecule is Cc1cc2c(c(=O)[nH]1)C(=N)N=NC2=O. The Morgan fingerprint density at radius 1 is 1.36 bits per heavy atom. The van der Waals surface area contributed by atoms with Gasteiger partial charge in [0, 0.05) is 5.69 Å². The number of nitrogens with one attached hydrogen (secondary N) is 2. The quantitative estimate of drug-likeness (QED) is 0.626. The number of nitrogens with zero attached hydrogens (tertiary/aromatic N) is 2. The minimum Gasteiger partial charge on any atom is -0.326 e. The predicted molar refractivity (Wildman–Crippen MR) is 47.8 cm³/mol. The van der Waals surface area contributed by atoms with Crippen LogP contribution < -0.4 is 5.56 Å². The number of hydrogen-bond donors (Lipinski definition) is 2. The van der Waals surface area contributed by atoms with Gasteiger partial charge < -0.3 is 4.98 Å². The molecule has 1 aliphatic heterocycles. The zero-order valence-electron chi connectivity index (χ0n) is 7.29. The van der Waals surface area contributed by atoms with Crippen LogP contribution in [0.4, 0.5) is 0 Å². The third-order valence-corrected chi connectivity index (χ3v) is 1.88. The summed E-state index contributed by atoms with van der Waals surface area (Å²) in [4.78, 5) is 25.1. The highest BCUT2D eigenvalue weighted by molar-refractivity contribution is 6.11. The van der Waals surface area contributed by atoms with Crippen LogP contribution in [0.5, 0.6) is 0 Å². The molecule has 0 spiro atoms. The standard InChI is InChI=1S/C8H6N4O2/c1-3-2-4-5(8(14)10-3)6(9)11-12-7(4)13/h2,9H,1H3,(H,10,14). The van der Waals surface area contributed by atoms with E-state index < -0.39 is 11.5 Å². The third kappa shape index (κ3) is 1.08. The van der Waals surface area contributed by atoms with Crippen molar-refractivity contribution < 1.29 is 4.79 Å². The van der Waals surface area contributed by atoms with Gasteiger partial charge in [-0.25, -0.2) is 0 Å². The summed E-state index contributed by atoms with van der Waals surface area (Å²) >= 11 is 0. The Balaban J connectivity index is 2.85. The van der Waals surface area contributed by atoms with Gasteiger partial charge in [-0.1, -0.05) is 0 Å². The summed E-state index contributed by atoms with van der Waals surface area (Å²) in [5, 5.41) is 13.9. The summed E-state index contributed by atoms with van der Waals surface area (Å²) in [6, 6.07) is 1.49. The maximum absolute atomic E-state index is 11.4. The lowest BCUT2D eigenvalue weighted by Gasteiger charge is -2.07. The molecular weight excluding hydrogens is 184 g/mol. The first-order chi connectivity index (χ1) is 6.59. The fourth-order valence-corrected chi connectivity index (χ4v) is 1.29. The van der Waals surface area contributed by atoms with Crippen LogP contribution in [0.1, 0.15) is 21.6 Å². The average Bonchev–Trinajstić information content (AvgIpc) is 2.10. The number of fused-ring (bicyclic) bond motifs is 1. The van der Waals surface area contributed by atoms with Gasteiger partial charge in [0.1, 0.15) is 0 Å². The van der Waals surface area contributed by atoms with Crippen LogP contribution >= 0.6 is 0 Å². The van der Waals surface area contributed by atoms with Crippen molar-refractivity contribution in [2.45, 2.75) is 6.92 Å². The zero-order chi connectivity index (χ0) is 10.3. The summed E-state index contributed by atoms with van der Waals surface area (Å²) < 4.78 is 0. The van der Waals surface area contributed by atoms with Gasteiger partial charge in [0.05, 0.1) is 11.1 Å². The summed E-state index contributed by atoms with van der Waals surface area (Å²) in [5.74, 6) is -0.856. The molecule has 14 heavy (non-hydrogen) atoms. The lowest BCUT2D eigenvalue weighted by molar-refractivity contribution is 0.0993. The maximum Gasteiger partial charge on any atom is 0.296 e. The number of carbonyl (C=O) groups excluding carboxylic acids is 1. The van der Waals surface area contributed by atoms with Gasteiger partial charge in [-0.05, 0) is 13.0 Å². The largest absolute Gasteiger partial charge is 0.326 e. The van der Waals surface area contributed by atoms with Crippen molar-refractivity contribution >= 4 is 11.7 Å². The van der Waals surface area contributed by atoms with Crippen LogP contribution in [0.15, 0.2) is 21.1 Å².